The zero-order chi connectivity index (χ0) is 25.5. The molecule has 2 aromatic carbocycles. The minimum Gasteiger partial charge on any atom is -0.469 e. The molecule has 0 bridgehead atoms. The summed E-state index contributed by atoms with van der Waals surface area (Å²) in [5, 5.41) is 6.54. The fraction of sp³-hybridized carbons (Fsp3) is 0.208. The predicted molar refractivity (Wildman–Crippen MR) is 135 cm³/mol. The number of halogens is 1. The fourth-order valence-electron chi connectivity index (χ4n) is 3.33. The van der Waals surface area contributed by atoms with Crippen molar-refractivity contribution in [1.29, 1.82) is 0 Å². The van der Waals surface area contributed by atoms with E-state index < -0.39 is 23.7 Å². The molecule has 2 N–H and O–H groups in total. The number of benzene rings is 2. The Labute approximate surface area is 210 Å². The van der Waals surface area contributed by atoms with Crippen molar-refractivity contribution in [3.63, 3.8) is 0 Å². The molecule has 0 saturated heterocycles. The van der Waals surface area contributed by atoms with Crippen molar-refractivity contribution in [1.82, 2.24) is 19.4 Å². The van der Waals surface area contributed by atoms with Gasteiger partial charge in [-0.2, -0.15) is 4.98 Å². The van der Waals surface area contributed by atoms with E-state index in [0.717, 1.165) is 10.1 Å². The summed E-state index contributed by atoms with van der Waals surface area (Å²) in [5.41, 5.74) is -0.0627. The second-order valence-corrected chi connectivity index (χ2v) is 8.07. The van der Waals surface area contributed by atoms with E-state index >= 15 is 0 Å². The summed E-state index contributed by atoms with van der Waals surface area (Å²) >= 11 is 5.98. The minimum absolute atomic E-state index is 0.0478. The van der Waals surface area contributed by atoms with E-state index in [4.69, 9.17) is 16.3 Å². The van der Waals surface area contributed by atoms with Gasteiger partial charge in [0.2, 0.25) is 5.95 Å². The molecule has 0 fully saturated rings. The Bertz CT molecular complexity index is 1400. The van der Waals surface area contributed by atoms with E-state index in [0.29, 0.717) is 16.5 Å². The Morgan fingerprint density at radius 3 is 2.53 bits per heavy atom. The summed E-state index contributed by atoms with van der Waals surface area (Å²) in [7, 11) is 1.24. The first-order valence-electron chi connectivity index (χ1n) is 10.9. The van der Waals surface area contributed by atoms with Crippen LogP contribution in [-0.2, 0) is 22.6 Å². The average Bonchev–Trinajstić information content (AvgIpc) is 2.89. The molecule has 0 spiro atoms. The number of methoxy groups -OCH3 is 1. The molecule has 0 saturated carbocycles. The summed E-state index contributed by atoms with van der Waals surface area (Å²) < 4.78 is 12.6. The lowest BCUT2D eigenvalue weighted by Gasteiger charge is -2.18. The summed E-state index contributed by atoms with van der Waals surface area (Å²) in [5.74, 6) is 0.0714. The Kier molecular flexibility index (Phi) is 7.81. The van der Waals surface area contributed by atoms with E-state index in [2.05, 4.69) is 25.3 Å². The maximum Gasteiger partial charge on any atom is 0.354 e. The van der Waals surface area contributed by atoms with Crippen molar-refractivity contribution in [2.75, 3.05) is 12.4 Å². The SMILES string of the molecule is COC(=O)CCn1c(=O)nc(Nc2ccc(OC3N=CC=CN3)cc2)n(Cc2ccc(Cl)cc2)c1=O. The van der Waals surface area contributed by atoms with Crippen molar-refractivity contribution in [2.45, 2.75) is 25.9 Å². The molecule has 186 valence electrons. The Balaban J connectivity index is 1.61. The van der Waals surface area contributed by atoms with E-state index in [1.54, 1.807) is 67.0 Å². The third kappa shape index (κ3) is 6.19. The van der Waals surface area contributed by atoms with Crippen LogP contribution in [0.4, 0.5) is 11.6 Å². The Hall–Kier alpha value is -4.38. The van der Waals surface area contributed by atoms with Gasteiger partial charge >= 0.3 is 17.3 Å². The van der Waals surface area contributed by atoms with Crippen LogP contribution in [0.25, 0.3) is 0 Å². The van der Waals surface area contributed by atoms with Crippen LogP contribution in [0.1, 0.15) is 12.0 Å². The lowest BCUT2D eigenvalue weighted by molar-refractivity contribution is -0.140. The van der Waals surface area contributed by atoms with Crippen molar-refractivity contribution in [2.24, 2.45) is 4.99 Å². The predicted octanol–water partition coefficient (Wildman–Crippen LogP) is 2.26. The van der Waals surface area contributed by atoms with E-state index in [-0.39, 0.29) is 25.5 Å². The van der Waals surface area contributed by atoms with Crippen molar-refractivity contribution < 1.29 is 14.3 Å². The van der Waals surface area contributed by atoms with Crippen molar-refractivity contribution in [3.05, 3.63) is 92.4 Å². The first-order valence-corrected chi connectivity index (χ1v) is 11.3. The highest BCUT2D eigenvalue weighted by atomic mass is 35.5. The molecule has 3 aromatic rings. The number of ether oxygens (including phenoxy) is 2. The van der Waals surface area contributed by atoms with Crippen molar-refractivity contribution >= 4 is 35.4 Å². The zero-order valence-electron chi connectivity index (χ0n) is 19.3. The third-order valence-corrected chi connectivity index (χ3v) is 5.42. The second kappa shape index (κ2) is 11.4. The molecule has 1 atom stereocenters. The van der Waals surface area contributed by atoms with Crippen LogP contribution in [0.2, 0.25) is 5.02 Å². The first-order chi connectivity index (χ1) is 17.4. The number of nitrogens with one attached hydrogen (secondary N) is 2. The molecular formula is C24H23ClN6O5. The van der Waals surface area contributed by atoms with Crippen LogP contribution in [0.3, 0.4) is 0 Å². The molecule has 0 aliphatic carbocycles. The quantitative estimate of drug-likeness (QED) is 0.419. The highest BCUT2D eigenvalue weighted by Crippen LogP contribution is 2.20. The molecule has 2 heterocycles. The molecule has 1 aliphatic heterocycles. The van der Waals surface area contributed by atoms with Crippen LogP contribution >= 0.6 is 11.6 Å². The van der Waals surface area contributed by atoms with Crippen LogP contribution in [0.5, 0.6) is 5.75 Å². The Morgan fingerprint density at radius 1 is 1.11 bits per heavy atom. The fourth-order valence-corrected chi connectivity index (χ4v) is 3.45. The number of aliphatic imine (C=N–C) groups is 1. The monoisotopic (exact) mass is 510 g/mol. The molecule has 12 heteroatoms. The second-order valence-electron chi connectivity index (χ2n) is 7.63. The normalized spacial score (nSPS) is 14.2. The number of hydrogen-bond donors (Lipinski definition) is 2. The van der Waals surface area contributed by atoms with Gasteiger partial charge in [-0.3, -0.25) is 9.36 Å². The maximum atomic E-state index is 13.3. The Morgan fingerprint density at radius 2 is 1.86 bits per heavy atom. The number of aromatic nitrogens is 3. The topological polar surface area (TPSA) is 129 Å². The smallest absolute Gasteiger partial charge is 0.354 e. The average molecular weight is 511 g/mol. The molecule has 1 aliphatic rings. The molecule has 0 amide bonds. The van der Waals surface area contributed by atoms with Gasteiger partial charge in [-0.1, -0.05) is 23.7 Å². The lowest BCUT2D eigenvalue weighted by atomic mass is 10.2. The summed E-state index contributed by atoms with van der Waals surface area (Å²) in [6.07, 6.45) is 4.45. The highest BCUT2D eigenvalue weighted by Gasteiger charge is 2.16. The highest BCUT2D eigenvalue weighted by molar-refractivity contribution is 6.30. The standard InChI is InChI=1S/C24H23ClN6O5/c1-35-20(32)11-14-30-23(33)29-21(31(24(30)34)15-16-3-5-17(25)6-4-16)28-18-7-9-19(10-8-18)36-22-26-12-2-13-27-22/h2-10,12-13,22,26H,11,14-15H2,1H3,(H,28,29,33). The number of rotatable bonds is 9. The van der Waals surface area contributed by atoms with Gasteiger partial charge in [-0.25, -0.2) is 19.1 Å². The third-order valence-electron chi connectivity index (χ3n) is 5.17. The minimum atomic E-state index is -0.784. The van der Waals surface area contributed by atoms with Gasteiger partial charge < -0.3 is 20.1 Å². The number of carbonyl (C=O) groups is 1. The van der Waals surface area contributed by atoms with Gasteiger partial charge in [-0.05, 0) is 48.0 Å². The van der Waals surface area contributed by atoms with Gasteiger partial charge in [0, 0.05) is 29.7 Å². The van der Waals surface area contributed by atoms with Crippen LogP contribution in [0, 0.1) is 0 Å². The van der Waals surface area contributed by atoms with Gasteiger partial charge in [0.25, 0.3) is 6.35 Å². The number of anilines is 2. The van der Waals surface area contributed by atoms with Gasteiger partial charge in [0.15, 0.2) is 0 Å². The number of nitrogens with zero attached hydrogens (tertiary/aromatic N) is 4. The van der Waals surface area contributed by atoms with Gasteiger partial charge in [-0.15, -0.1) is 0 Å². The van der Waals surface area contributed by atoms with Gasteiger partial charge in [0.05, 0.1) is 20.1 Å². The lowest BCUT2D eigenvalue weighted by Crippen LogP contribution is -2.43. The largest absolute Gasteiger partial charge is 0.469 e. The molecule has 1 aromatic heterocycles. The first kappa shape index (κ1) is 24.7. The molecule has 11 nitrogen and oxygen atoms in total. The van der Waals surface area contributed by atoms with Crippen LogP contribution in [0.15, 0.2) is 75.4 Å². The molecule has 4 rings (SSSR count). The summed E-state index contributed by atoms with van der Waals surface area (Å²) in [6, 6.07) is 13.8. The van der Waals surface area contributed by atoms with E-state index in [1.165, 1.54) is 11.7 Å². The van der Waals surface area contributed by atoms with E-state index in [1.807, 2.05) is 0 Å². The molecule has 1 unspecified atom stereocenters. The number of esters is 1. The molecular weight excluding hydrogens is 488 g/mol. The maximum absolute atomic E-state index is 13.3. The van der Waals surface area contributed by atoms with Crippen LogP contribution in [-0.4, -0.2) is 39.8 Å². The number of hydrogen-bond acceptors (Lipinski definition) is 9. The van der Waals surface area contributed by atoms with E-state index in [9.17, 15) is 14.4 Å². The summed E-state index contributed by atoms with van der Waals surface area (Å²) in [4.78, 5) is 45.7. The zero-order valence-corrected chi connectivity index (χ0v) is 20.0. The van der Waals surface area contributed by atoms with Gasteiger partial charge in [0.1, 0.15) is 5.75 Å². The van der Waals surface area contributed by atoms with Crippen LogP contribution < -0.4 is 26.7 Å². The molecule has 0 radical (unpaired) electrons. The molecule has 36 heavy (non-hydrogen) atoms. The summed E-state index contributed by atoms with van der Waals surface area (Å²) in [6.45, 7) is -0.0406. The van der Waals surface area contributed by atoms with Crippen molar-refractivity contribution in [3.8, 4) is 5.75 Å². The number of allylic oxidation sites excluding steroid dienone is 1. The number of carbonyl (C=O) groups excluding carboxylic acids is 1.